The van der Waals surface area contributed by atoms with E-state index in [2.05, 4.69) is 4.74 Å². The molecule has 1 aromatic rings. The molecule has 124 valence electrons. The van der Waals surface area contributed by atoms with Crippen LogP contribution in [0, 0.1) is 5.92 Å². The highest BCUT2D eigenvalue weighted by molar-refractivity contribution is 6.06. The topological polar surface area (TPSA) is 76.2 Å². The molecule has 1 heterocycles. The standard InChI is InChI=1S/C16H20N2O5/c1-11(2)10-16(12-8-6-5-7-9-12)13(19)17(14(20)22-3)18(16)15(21)23-4/h5-9,11H,10H2,1-4H3/t16-/m0/s1. The van der Waals surface area contributed by atoms with Crippen molar-refractivity contribution in [2.24, 2.45) is 5.92 Å². The van der Waals surface area contributed by atoms with Crippen LogP contribution < -0.4 is 0 Å². The molecule has 0 unspecified atom stereocenters. The minimum atomic E-state index is -1.27. The third kappa shape index (κ3) is 2.52. The van der Waals surface area contributed by atoms with Crippen LogP contribution in [0.25, 0.3) is 0 Å². The van der Waals surface area contributed by atoms with Gasteiger partial charge in [-0.15, -0.1) is 5.01 Å². The molecule has 1 aliphatic rings. The minimum absolute atomic E-state index is 0.103. The van der Waals surface area contributed by atoms with Crippen LogP contribution in [-0.2, 0) is 19.8 Å². The van der Waals surface area contributed by atoms with Gasteiger partial charge < -0.3 is 9.47 Å². The van der Waals surface area contributed by atoms with Gasteiger partial charge in [0.2, 0.25) is 0 Å². The lowest BCUT2D eigenvalue weighted by atomic mass is 9.77. The number of imide groups is 1. The number of amides is 3. The highest BCUT2D eigenvalue weighted by Crippen LogP contribution is 2.46. The number of carbonyl (C=O) groups is 3. The molecule has 7 nitrogen and oxygen atoms in total. The second-order valence-electron chi connectivity index (χ2n) is 5.69. The average molecular weight is 320 g/mol. The molecule has 0 aromatic heterocycles. The van der Waals surface area contributed by atoms with E-state index in [1.165, 1.54) is 7.11 Å². The quantitative estimate of drug-likeness (QED) is 0.855. The number of benzene rings is 1. The summed E-state index contributed by atoms with van der Waals surface area (Å²) in [6, 6.07) is 8.88. The molecule has 3 amide bonds. The molecule has 23 heavy (non-hydrogen) atoms. The van der Waals surface area contributed by atoms with Gasteiger partial charge in [0.15, 0.2) is 5.54 Å². The van der Waals surface area contributed by atoms with E-state index in [4.69, 9.17) is 4.74 Å². The van der Waals surface area contributed by atoms with Gasteiger partial charge in [0.1, 0.15) is 0 Å². The van der Waals surface area contributed by atoms with Crippen molar-refractivity contribution in [1.29, 1.82) is 0 Å². The van der Waals surface area contributed by atoms with Crippen LogP contribution in [0.5, 0.6) is 0 Å². The van der Waals surface area contributed by atoms with E-state index >= 15 is 0 Å². The Kier molecular flexibility index (Phi) is 4.58. The maximum Gasteiger partial charge on any atom is 0.436 e. The number of hydrogen-bond donors (Lipinski definition) is 0. The van der Waals surface area contributed by atoms with Crippen LogP contribution >= 0.6 is 0 Å². The van der Waals surface area contributed by atoms with Crippen LogP contribution in [0.2, 0.25) is 0 Å². The number of ether oxygens (including phenoxy) is 2. The molecule has 0 bridgehead atoms. The lowest BCUT2D eigenvalue weighted by molar-refractivity contribution is -0.204. The summed E-state index contributed by atoms with van der Waals surface area (Å²) in [5.41, 5.74) is -0.638. The van der Waals surface area contributed by atoms with Gasteiger partial charge in [-0.2, -0.15) is 5.01 Å². The van der Waals surface area contributed by atoms with Crippen molar-refractivity contribution < 1.29 is 23.9 Å². The predicted molar refractivity (Wildman–Crippen MR) is 81.1 cm³/mol. The summed E-state index contributed by atoms with van der Waals surface area (Å²) < 4.78 is 9.37. The molecule has 1 saturated heterocycles. The molecule has 1 atom stereocenters. The van der Waals surface area contributed by atoms with Gasteiger partial charge in [0.25, 0.3) is 5.91 Å². The lowest BCUT2D eigenvalue weighted by Gasteiger charge is -2.55. The fourth-order valence-electron chi connectivity index (χ4n) is 2.90. The summed E-state index contributed by atoms with van der Waals surface area (Å²) in [5.74, 6) is -0.402. The first-order valence-electron chi connectivity index (χ1n) is 7.26. The van der Waals surface area contributed by atoms with Crippen molar-refractivity contribution in [3.8, 4) is 0 Å². The van der Waals surface area contributed by atoms with Crippen molar-refractivity contribution >= 4 is 18.1 Å². The van der Waals surface area contributed by atoms with Crippen LogP contribution in [0.3, 0.4) is 0 Å². The minimum Gasteiger partial charge on any atom is -0.451 e. The van der Waals surface area contributed by atoms with Gasteiger partial charge in [0.05, 0.1) is 14.2 Å². The summed E-state index contributed by atoms with van der Waals surface area (Å²) in [7, 11) is 2.35. The largest absolute Gasteiger partial charge is 0.451 e. The smallest absolute Gasteiger partial charge is 0.436 e. The van der Waals surface area contributed by atoms with Gasteiger partial charge in [-0.3, -0.25) is 4.79 Å². The molecule has 1 aromatic carbocycles. The number of hydrazine groups is 1. The van der Waals surface area contributed by atoms with Crippen molar-refractivity contribution in [3.63, 3.8) is 0 Å². The van der Waals surface area contributed by atoms with Gasteiger partial charge in [-0.05, 0) is 17.9 Å². The van der Waals surface area contributed by atoms with E-state index in [-0.39, 0.29) is 5.92 Å². The highest BCUT2D eigenvalue weighted by Gasteiger charge is 2.66. The van der Waals surface area contributed by atoms with Crippen molar-refractivity contribution in [2.45, 2.75) is 25.8 Å². The Bertz CT molecular complexity index is 616. The van der Waals surface area contributed by atoms with E-state index < -0.39 is 23.6 Å². The van der Waals surface area contributed by atoms with Crippen molar-refractivity contribution in [3.05, 3.63) is 35.9 Å². The van der Waals surface area contributed by atoms with Crippen LogP contribution in [0.15, 0.2) is 30.3 Å². The predicted octanol–water partition coefficient (Wildman–Crippen LogP) is 2.52. The SMILES string of the molecule is COC(=O)N1C(=O)[C@](CC(C)C)(c2ccccc2)N1C(=O)OC. The molecular weight excluding hydrogens is 300 g/mol. The van der Waals surface area contributed by atoms with Crippen molar-refractivity contribution in [1.82, 2.24) is 10.0 Å². The number of methoxy groups -OCH3 is 2. The molecule has 0 aliphatic carbocycles. The van der Waals surface area contributed by atoms with Crippen LogP contribution in [-0.4, -0.2) is 42.3 Å². The normalized spacial score (nSPS) is 20.3. The van der Waals surface area contributed by atoms with Crippen LogP contribution in [0.1, 0.15) is 25.8 Å². The summed E-state index contributed by atoms with van der Waals surface area (Å²) in [5, 5.41) is 1.72. The van der Waals surface area contributed by atoms with E-state index in [1.807, 2.05) is 19.9 Å². The Labute approximate surface area is 134 Å². The zero-order valence-corrected chi connectivity index (χ0v) is 13.6. The fraction of sp³-hybridized carbons (Fsp3) is 0.438. The monoisotopic (exact) mass is 320 g/mol. The molecule has 1 aliphatic heterocycles. The maximum absolute atomic E-state index is 12.8. The molecule has 7 heteroatoms. The van der Waals surface area contributed by atoms with Crippen molar-refractivity contribution in [2.75, 3.05) is 14.2 Å². The Morgan fingerprint density at radius 3 is 2.13 bits per heavy atom. The van der Waals surface area contributed by atoms with Crippen LogP contribution in [0.4, 0.5) is 9.59 Å². The Morgan fingerprint density at radius 2 is 1.65 bits per heavy atom. The first kappa shape index (κ1) is 16.8. The Morgan fingerprint density at radius 1 is 1.09 bits per heavy atom. The zero-order chi connectivity index (χ0) is 17.2. The van der Waals surface area contributed by atoms with E-state index in [1.54, 1.807) is 24.3 Å². The maximum atomic E-state index is 12.8. The molecular formula is C16H20N2O5. The summed E-state index contributed by atoms with van der Waals surface area (Å²) >= 11 is 0. The third-order valence-corrected chi connectivity index (χ3v) is 3.76. The molecule has 2 rings (SSSR count). The number of carbonyl (C=O) groups excluding carboxylic acids is 3. The highest BCUT2D eigenvalue weighted by atomic mass is 16.6. The Balaban J connectivity index is 2.57. The van der Waals surface area contributed by atoms with E-state index in [0.29, 0.717) is 17.0 Å². The number of rotatable bonds is 3. The molecule has 0 spiro atoms. The third-order valence-electron chi connectivity index (χ3n) is 3.76. The zero-order valence-electron chi connectivity index (χ0n) is 13.6. The number of nitrogens with zero attached hydrogens (tertiary/aromatic N) is 2. The number of hydrogen-bond acceptors (Lipinski definition) is 5. The summed E-state index contributed by atoms with van der Waals surface area (Å²) in [6.45, 7) is 3.88. The van der Waals surface area contributed by atoms with E-state index in [0.717, 1.165) is 12.1 Å². The van der Waals surface area contributed by atoms with Gasteiger partial charge in [0, 0.05) is 0 Å². The fourth-order valence-corrected chi connectivity index (χ4v) is 2.90. The first-order chi connectivity index (χ1) is 10.9. The second kappa shape index (κ2) is 6.28. The first-order valence-corrected chi connectivity index (χ1v) is 7.26. The van der Waals surface area contributed by atoms with Gasteiger partial charge >= 0.3 is 12.2 Å². The van der Waals surface area contributed by atoms with E-state index in [9.17, 15) is 14.4 Å². The second-order valence-corrected chi connectivity index (χ2v) is 5.69. The Hall–Kier alpha value is -2.57. The summed E-state index contributed by atoms with van der Waals surface area (Å²) in [4.78, 5) is 36.9. The summed E-state index contributed by atoms with van der Waals surface area (Å²) in [6.07, 6.45) is -1.35. The molecule has 0 saturated carbocycles. The van der Waals surface area contributed by atoms with Gasteiger partial charge in [-0.1, -0.05) is 44.2 Å². The average Bonchev–Trinajstić information content (AvgIpc) is 2.56. The molecule has 0 N–H and O–H groups in total. The molecule has 0 radical (unpaired) electrons. The van der Waals surface area contributed by atoms with Gasteiger partial charge in [-0.25, -0.2) is 9.59 Å². The lowest BCUT2D eigenvalue weighted by Crippen LogP contribution is -2.78. The molecule has 1 fully saturated rings.